The molecule has 0 amide bonds. The summed E-state index contributed by atoms with van der Waals surface area (Å²) in [7, 11) is 0. The summed E-state index contributed by atoms with van der Waals surface area (Å²) in [6, 6.07) is 10.6. The molecule has 0 saturated carbocycles. The summed E-state index contributed by atoms with van der Waals surface area (Å²) < 4.78 is 40.2. The SMILES string of the molecule is Fc1ccc(F)c(/C=C/c2ccc(-c3ccccn3)nc2)c1F. The second kappa shape index (κ2) is 6.44. The second-order valence-corrected chi connectivity index (χ2v) is 4.78. The molecule has 23 heavy (non-hydrogen) atoms. The van der Waals surface area contributed by atoms with Gasteiger partial charge in [-0.05, 0) is 42.0 Å². The minimum Gasteiger partial charge on any atom is -0.255 e. The van der Waals surface area contributed by atoms with Gasteiger partial charge < -0.3 is 0 Å². The molecular weight excluding hydrogens is 301 g/mol. The minimum atomic E-state index is -1.21. The Bertz CT molecular complexity index is 844. The zero-order chi connectivity index (χ0) is 16.2. The van der Waals surface area contributed by atoms with Crippen molar-refractivity contribution in [1.29, 1.82) is 0 Å². The summed E-state index contributed by atoms with van der Waals surface area (Å²) in [5, 5.41) is 0. The van der Waals surface area contributed by atoms with Gasteiger partial charge in [0.05, 0.1) is 11.4 Å². The number of aromatic nitrogens is 2. The Morgan fingerprint density at radius 2 is 1.52 bits per heavy atom. The average Bonchev–Trinajstić information content (AvgIpc) is 2.60. The van der Waals surface area contributed by atoms with Crippen LogP contribution in [0.3, 0.4) is 0 Å². The normalized spacial score (nSPS) is 11.1. The number of halogens is 3. The third-order valence-corrected chi connectivity index (χ3v) is 3.24. The van der Waals surface area contributed by atoms with Crippen LogP contribution in [-0.4, -0.2) is 9.97 Å². The number of rotatable bonds is 3. The molecule has 0 N–H and O–H groups in total. The first kappa shape index (κ1) is 15.0. The molecule has 0 unspecified atom stereocenters. The molecule has 2 nitrogen and oxygen atoms in total. The largest absolute Gasteiger partial charge is 0.255 e. The van der Waals surface area contributed by atoms with Crippen molar-refractivity contribution < 1.29 is 13.2 Å². The van der Waals surface area contributed by atoms with Gasteiger partial charge >= 0.3 is 0 Å². The molecule has 1 aromatic carbocycles. The van der Waals surface area contributed by atoms with Crippen LogP contribution in [0, 0.1) is 17.5 Å². The van der Waals surface area contributed by atoms with Crippen molar-refractivity contribution in [1.82, 2.24) is 9.97 Å². The van der Waals surface area contributed by atoms with Gasteiger partial charge in [0.15, 0.2) is 11.6 Å². The summed E-state index contributed by atoms with van der Waals surface area (Å²) in [4.78, 5) is 8.43. The number of pyridine rings is 2. The van der Waals surface area contributed by atoms with Gasteiger partial charge in [0.1, 0.15) is 5.82 Å². The maximum absolute atomic E-state index is 13.6. The van der Waals surface area contributed by atoms with Crippen LogP contribution in [0.25, 0.3) is 23.5 Å². The standard InChI is InChI=1S/C18H11F3N2/c19-14-7-8-15(20)18(21)13(14)6-4-12-5-9-17(23-11-12)16-3-1-2-10-22-16/h1-11H/b6-4+. The first-order chi connectivity index (χ1) is 11.1. The molecule has 0 atom stereocenters. The Kier molecular flexibility index (Phi) is 4.19. The van der Waals surface area contributed by atoms with Crippen LogP contribution < -0.4 is 0 Å². The van der Waals surface area contributed by atoms with E-state index in [4.69, 9.17) is 0 Å². The molecule has 3 aromatic rings. The molecule has 0 aliphatic heterocycles. The molecule has 0 fully saturated rings. The van der Waals surface area contributed by atoms with Gasteiger partial charge in [-0.25, -0.2) is 13.2 Å². The van der Waals surface area contributed by atoms with E-state index in [1.54, 1.807) is 24.5 Å². The van der Waals surface area contributed by atoms with E-state index in [0.717, 1.165) is 17.8 Å². The topological polar surface area (TPSA) is 25.8 Å². The lowest BCUT2D eigenvalue weighted by molar-refractivity contribution is 0.492. The smallest absolute Gasteiger partial charge is 0.168 e. The Hall–Kier alpha value is -2.95. The highest BCUT2D eigenvalue weighted by atomic mass is 19.2. The van der Waals surface area contributed by atoms with Crippen molar-refractivity contribution >= 4 is 12.2 Å². The van der Waals surface area contributed by atoms with Gasteiger partial charge in [-0.15, -0.1) is 0 Å². The molecule has 2 aromatic heterocycles. The van der Waals surface area contributed by atoms with Gasteiger partial charge in [0, 0.05) is 18.0 Å². The van der Waals surface area contributed by atoms with Crippen molar-refractivity contribution in [3.8, 4) is 11.4 Å². The van der Waals surface area contributed by atoms with Crippen LogP contribution >= 0.6 is 0 Å². The molecule has 0 aliphatic carbocycles. The Morgan fingerprint density at radius 3 is 2.22 bits per heavy atom. The first-order valence-corrected chi connectivity index (χ1v) is 6.84. The highest BCUT2D eigenvalue weighted by Gasteiger charge is 2.10. The van der Waals surface area contributed by atoms with Gasteiger partial charge in [-0.2, -0.15) is 0 Å². The highest BCUT2D eigenvalue weighted by molar-refractivity contribution is 5.70. The van der Waals surface area contributed by atoms with Crippen molar-refractivity contribution in [3.05, 3.63) is 83.4 Å². The van der Waals surface area contributed by atoms with E-state index in [9.17, 15) is 13.2 Å². The van der Waals surface area contributed by atoms with Gasteiger partial charge in [0.25, 0.3) is 0 Å². The maximum atomic E-state index is 13.6. The van der Waals surface area contributed by atoms with Crippen LogP contribution in [0.2, 0.25) is 0 Å². The molecule has 0 aliphatic rings. The van der Waals surface area contributed by atoms with E-state index >= 15 is 0 Å². The van der Waals surface area contributed by atoms with Crippen molar-refractivity contribution in [2.24, 2.45) is 0 Å². The summed E-state index contributed by atoms with van der Waals surface area (Å²) in [6.45, 7) is 0. The molecule has 0 radical (unpaired) electrons. The van der Waals surface area contributed by atoms with E-state index in [-0.39, 0.29) is 0 Å². The predicted molar refractivity (Wildman–Crippen MR) is 82.7 cm³/mol. The van der Waals surface area contributed by atoms with Crippen molar-refractivity contribution in [3.63, 3.8) is 0 Å². The molecule has 5 heteroatoms. The lowest BCUT2D eigenvalue weighted by atomic mass is 10.1. The van der Waals surface area contributed by atoms with Crippen LogP contribution in [0.1, 0.15) is 11.1 Å². The number of nitrogens with zero attached hydrogens (tertiary/aromatic N) is 2. The number of hydrogen-bond acceptors (Lipinski definition) is 2. The van der Waals surface area contributed by atoms with E-state index in [1.165, 1.54) is 12.2 Å². The first-order valence-electron chi connectivity index (χ1n) is 6.84. The summed E-state index contributed by atoms with van der Waals surface area (Å²) in [5.74, 6) is -3.12. The van der Waals surface area contributed by atoms with E-state index in [1.807, 2.05) is 18.2 Å². The molecule has 0 bridgehead atoms. The summed E-state index contributed by atoms with van der Waals surface area (Å²) >= 11 is 0. The van der Waals surface area contributed by atoms with Crippen LogP contribution in [0.15, 0.2) is 54.9 Å². The molecule has 0 spiro atoms. The summed E-state index contributed by atoms with van der Waals surface area (Å²) in [6.07, 6.45) is 5.87. The van der Waals surface area contributed by atoms with E-state index in [2.05, 4.69) is 9.97 Å². The van der Waals surface area contributed by atoms with Gasteiger partial charge in [-0.1, -0.05) is 18.2 Å². The van der Waals surface area contributed by atoms with Gasteiger partial charge in [0.2, 0.25) is 0 Å². The van der Waals surface area contributed by atoms with Crippen molar-refractivity contribution in [2.45, 2.75) is 0 Å². The molecular formula is C18H11F3N2. The number of hydrogen-bond donors (Lipinski definition) is 0. The quantitative estimate of drug-likeness (QED) is 0.653. The fourth-order valence-electron chi connectivity index (χ4n) is 2.04. The Balaban J connectivity index is 1.86. The number of benzene rings is 1. The maximum Gasteiger partial charge on any atom is 0.168 e. The highest BCUT2D eigenvalue weighted by Crippen LogP contribution is 2.19. The lowest BCUT2D eigenvalue weighted by Crippen LogP contribution is -1.93. The minimum absolute atomic E-state index is 0.418. The third-order valence-electron chi connectivity index (χ3n) is 3.24. The molecule has 2 heterocycles. The average molecular weight is 312 g/mol. The van der Waals surface area contributed by atoms with Crippen LogP contribution in [0.5, 0.6) is 0 Å². The molecule has 3 rings (SSSR count). The molecule has 0 saturated heterocycles. The lowest BCUT2D eigenvalue weighted by Gasteiger charge is -2.01. The fraction of sp³-hybridized carbons (Fsp3) is 0. The fourth-order valence-corrected chi connectivity index (χ4v) is 2.04. The predicted octanol–water partition coefficient (Wildman–Crippen LogP) is 4.73. The summed E-state index contributed by atoms with van der Waals surface area (Å²) in [5.41, 5.74) is 1.63. The zero-order valence-electron chi connectivity index (χ0n) is 11.9. The zero-order valence-corrected chi connectivity index (χ0v) is 11.9. The third kappa shape index (κ3) is 3.29. The van der Waals surface area contributed by atoms with Crippen LogP contribution in [0.4, 0.5) is 13.2 Å². The molecule has 114 valence electrons. The van der Waals surface area contributed by atoms with Crippen molar-refractivity contribution in [2.75, 3.05) is 0 Å². The monoisotopic (exact) mass is 312 g/mol. The Morgan fingerprint density at radius 1 is 0.739 bits per heavy atom. The van der Waals surface area contributed by atoms with E-state index in [0.29, 0.717) is 11.3 Å². The van der Waals surface area contributed by atoms with E-state index < -0.39 is 23.0 Å². The van der Waals surface area contributed by atoms with Gasteiger partial charge in [-0.3, -0.25) is 9.97 Å². The Labute approximate surface area is 131 Å². The second-order valence-electron chi connectivity index (χ2n) is 4.78. The van der Waals surface area contributed by atoms with Crippen LogP contribution in [-0.2, 0) is 0 Å².